The number of esters is 1. The fourth-order valence-corrected chi connectivity index (χ4v) is 6.41. The van der Waals surface area contributed by atoms with E-state index in [2.05, 4.69) is 31.3 Å². The molecule has 1 atom stereocenters. The molecule has 4 saturated carbocycles. The molecule has 0 aromatic heterocycles. The third-order valence-corrected chi connectivity index (χ3v) is 7.36. The van der Waals surface area contributed by atoms with Gasteiger partial charge in [-0.15, -0.1) is 0 Å². The second kappa shape index (κ2) is 6.96. The lowest BCUT2D eigenvalue weighted by Gasteiger charge is -2.55. The Morgan fingerprint density at radius 2 is 1.59 bits per heavy atom. The van der Waals surface area contributed by atoms with Crippen LogP contribution in [0, 0.1) is 37.0 Å². The number of carbonyl (C=O) groups excluding carboxylic acids is 2. The Hall–Kier alpha value is -1.84. The molecule has 0 spiro atoms. The second-order valence-corrected chi connectivity index (χ2v) is 9.32. The van der Waals surface area contributed by atoms with Crippen molar-refractivity contribution in [2.75, 3.05) is 7.11 Å². The molecular weight excluding hydrogens is 338 g/mol. The van der Waals surface area contributed by atoms with E-state index in [-0.39, 0.29) is 17.3 Å². The first-order chi connectivity index (χ1) is 12.9. The summed E-state index contributed by atoms with van der Waals surface area (Å²) in [4.78, 5) is 25.8. The van der Waals surface area contributed by atoms with Crippen molar-refractivity contribution in [2.24, 2.45) is 23.2 Å². The highest BCUT2D eigenvalue weighted by molar-refractivity contribution is 5.88. The zero-order valence-electron chi connectivity index (χ0n) is 16.7. The van der Waals surface area contributed by atoms with E-state index in [4.69, 9.17) is 4.74 Å². The van der Waals surface area contributed by atoms with E-state index >= 15 is 0 Å². The Balaban J connectivity index is 1.54. The number of nitrogens with one attached hydrogen (secondary N) is 1. The summed E-state index contributed by atoms with van der Waals surface area (Å²) in [6.45, 7) is 4.11. The molecule has 4 fully saturated rings. The van der Waals surface area contributed by atoms with Gasteiger partial charge in [0.25, 0.3) is 0 Å². The highest BCUT2D eigenvalue weighted by atomic mass is 16.5. The molecule has 4 heteroatoms. The SMILES string of the molecule is COC(=O)[C@H](Cc1c(C)cccc1C)NC(=O)C12CC3CC(CC(C3)C1)C2. The van der Waals surface area contributed by atoms with Gasteiger partial charge in [0.2, 0.25) is 5.91 Å². The van der Waals surface area contributed by atoms with Crippen LogP contribution < -0.4 is 5.32 Å². The Morgan fingerprint density at radius 1 is 1.07 bits per heavy atom. The number of benzene rings is 1. The van der Waals surface area contributed by atoms with E-state index in [9.17, 15) is 9.59 Å². The molecule has 4 nitrogen and oxygen atoms in total. The second-order valence-electron chi connectivity index (χ2n) is 9.32. The summed E-state index contributed by atoms with van der Waals surface area (Å²) in [5.41, 5.74) is 3.17. The minimum atomic E-state index is -0.615. The van der Waals surface area contributed by atoms with E-state index in [1.54, 1.807) is 0 Å². The number of amides is 1. The summed E-state index contributed by atoms with van der Waals surface area (Å²) in [7, 11) is 1.40. The van der Waals surface area contributed by atoms with Gasteiger partial charge in [0.1, 0.15) is 6.04 Å². The van der Waals surface area contributed by atoms with E-state index in [1.165, 1.54) is 26.4 Å². The minimum Gasteiger partial charge on any atom is -0.467 e. The van der Waals surface area contributed by atoms with Gasteiger partial charge in [0.15, 0.2) is 0 Å². The molecule has 4 aliphatic rings. The molecule has 0 unspecified atom stereocenters. The first-order valence-electron chi connectivity index (χ1n) is 10.3. The number of ether oxygens (including phenoxy) is 1. The zero-order valence-corrected chi connectivity index (χ0v) is 16.7. The summed E-state index contributed by atoms with van der Waals surface area (Å²) >= 11 is 0. The van der Waals surface area contributed by atoms with Crippen molar-refractivity contribution >= 4 is 11.9 Å². The predicted octanol–water partition coefficient (Wildman–Crippen LogP) is 3.72. The maximum absolute atomic E-state index is 13.4. The van der Waals surface area contributed by atoms with Crippen molar-refractivity contribution in [3.63, 3.8) is 0 Å². The molecule has 1 aromatic carbocycles. The van der Waals surface area contributed by atoms with Crippen LogP contribution >= 0.6 is 0 Å². The Labute approximate surface area is 162 Å². The fraction of sp³-hybridized carbons (Fsp3) is 0.652. The zero-order chi connectivity index (χ0) is 19.2. The molecule has 0 saturated heterocycles. The normalized spacial score (nSPS) is 32.2. The van der Waals surface area contributed by atoms with Crippen LogP contribution in [0.2, 0.25) is 0 Å². The average molecular weight is 370 g/mol. The Bertz CT molecular complexity index is 698. The summed E-state index contributed by atoms with van der Waals surface area (Å²) in [5, 5.41) is 3.11. The monoisotopic (exact) mass is 369 g/mol. The topological polar surface area (TPSA) is 55.4 Å². The van der Waals surface area contributed by atoms with Crippen molar-refractivity contribution in [3.05, 3.63) is 34.9 Å². The number of hydrogen-bond acceptors (Lipinski definition) is 3. The van der Waals surface area contributed by atoms with Gasteiger partial charge in [-0.2, -0.15) is 0 Å². The molecular formula is C23H31NO3. The van der Waals surface area contributed by atoms with E-state index in [0.29, 0.717) is 24.2 Å². The van der Waals surface area contributed by atoms with Crippen molar-refractivity contribution < 1.29 is 14.3 Å². The van der Waals surface area contributed by atoms with Crippen molar-refractivity contribution in [2.45, 2.75) is 64.8 Å². The van der Waals surface area contributed by atoms with E-state index in [1.807, 2.05) is 6.07 Å². The smallest absolute Gasteiger partial charge is 0.328 e. The summed E-state index contributed by atoms with van der Waals surface area (Å²) < 4.78 is 5.03. The van der Waals surface area contributed by atoms with Gasteiger partial charge in [-0.3, -0.25) is 4.79 Å². The van der Waals surface area contributed by atoms with Crippen LogP contribution in [0.4, 0.5) is 0 Å². The summed E-state index contributed by atoms with van der Waals surface area (Å²) in [6.07, 6.45) is 7.40. The fourth-order valence-electron chi connectivity index (χ4n) is 6.41. The van der Waals surface area contributed by atoms with Gasteiger partial charge >= 0.3 is 5.97 Å². The molecule has 0 heterocycles. The number of carbonyl (C=O) groups is 2. The number of hydrogen-bond donors (Lipinski definition) is 1. The number of methoxy groups -OCH3 is 1. The Kier molecular flexibility index (Phi) is 4.77. The van der Waals surface area contributed by atoms with Crippen molar-refractivity contribution in [1.29, 1.82) is 0 Å². The predicted molar refractivity (Wildman–Crippen MR) is 104 cm³/mol. The maximum Gasteiger partial charge on any atom is 0.328 e. The molecule has 1 aromatic rings. The molecule has 5 rings (SSSR count). The van der Waals surface area contributed by atoms with Crippen molar-refractivity contribution in [1.82, 2.24) is 5.32 Å². The molecule has 27 heavy (non-hydrogen) atoms. The lowest BCUT2D eigenvalue weighted by molar-refractivity contribution is -0.152. The van der Waals surface area contributed by atoms with Crippen LogP contribution in [0.15, 0.2) is 18.2 Å². The first kappa shape index (κ1) is 18.5. The van der Waals surface area contributed by atoms with Crippen LogP contribution in [0.3, 0.4) is 0 Å². The van der Waals surface area contributed by atoms with E-state index < -0.39 is 6.04 Å². The molecule has 1 N–H and O–H groups in total. The third kappa shape index (κ3) is 3.39. The lowest BCUT2D eigenvalue weighted by atomic mass is 9.49. The standard InChI is InChI=1S/C23H31NO3/c1-14-5-4-6-15(2)19(14)10-20(21(25)27-3)24-22(26)23-11-16-7-17(12-23)9-18(8-16)13-23/h4-6,16-18,20H,7-13H2,1-3H3,(H,24,26)/t16?,17?,18?,20-,23?/m0/s1. The third-order valence-electron chi connectivity index (χ3n) is 7.36. The molecule has 146 valence electrons. The average Bonchev–Trinajstić information content (AvgIpc) is 2.62. The van der Waals surface area contributed by atoms with Gasteiger partial charge in [-0.05, 0) is 86.8 Å². The minimum absolute atomic E-state index is 0.0863. The van der Waals surface area contributed by atoms with Crippen LogP contribution in [0.5, 0.6) is 0 Å². The molecule has 4 bridgehead atoms. The molecule has 0 aliphatic heterocycles. The maximum atomic E-state index is 13.4. The molecule has 4 aliphatic carbocycles. The summed E-state index contributed by atoms with van der Waals surface area (Å²) in [6, 6.07) is 5.51. The molecule has 1 amide bonds. The van der Waals surface area contributed by atoms with Gasteiger partial charge in [-0.25, -0.2) is 4.79 Å². The van der Waals surface area contributed by atoms with Gasteiger partial charge in [0.05, 0.1) is 7.11 Å². The highest BCUT2D eigenvalue weighted by Gasteiger charge is 2.55. The number of rotatable bonds is 5. The lowest BCUT2D eigenvalue weighted by Crippen LogP contribution is -2.56. The van der Waals surface area contributed by atoms with Gasteiger partial charge < -0.3 is 10.1 Å². The van der Waals surface area contributed by atoms with Crippen LogP contribution in [0.25, 0.3) is 0 Å². The van der Waals surface area contributed by atoms with Gasteiger partial charge in [0, 0.05) is 11.8 Å². The quantitative estimate of drug-likeness (QED) is 0.805. The Morgan fingerprint density at radius 3 is 2.07 bits per heavy atom. The van der Waals surface area contributed by atoms with E-state index in [0.717, 1.165) is 36.0 Å². The molecule has 0 radical (unpaired) electrons. The largest absolute Gasteiger partial charge is 0.467 e. The van der Waals surface area contributed by atoms with Crippen LogP contribution in [-0.4, -0.2) is 25.0 Å². The number of aryl methyl sites for hydroxylation is 2. The van der Waals surface area contributed by atoms with Crippen LogP contribution in [0.1, 0.15) is 55.2 Å². The van der Waals surface area contributed by atoms with Gasteiger partial charge in [-0.1, -0.05) is 18.2 Å². The highest BCUT2D eigenvalue weighted by Crippen LogP contribution is 2.60. The van der Waals surface area contributed by atoms with Crippen LogP contribution in [-0.2, 0) is 20.7 Å². The summed E-state index contributed by atoms with van der Waals surface area (Å²) in [5.74, 6) is 1.85. The first-order valence-corrected chi connectivity index (χ1v) is 10.3. The van der Waals surface area contributed by atoms with Crippen molar-refractivity contribution in [3.8, 4) is 0 Å².